The molecule has 0 fully saturated rings. The quantitative estimate of drug-likeness (QED) is 0.787. The molecule has 2 heterocycles. The van der Waals surface area contributed by atoms with Crippen molar-refractivity contribution in [1.82, 2.24) is 9.97 Å². The maximum Gasteiger partial charge on any atom is 0.132 e. The molecular weight excluding hydrogens is 381 g/mol. The third-order valence-electron chi connectivity index (χ3n) is 2.20. The molecule has 0 spiro atoms. The molecule has 0 aromatic carbocycles. The van der Waals surface area contributed by atoms with Crippen molar-refractivity contribution in [2.75, 3.05) is 11.6 Å². The van der Waals surface area contributed by atoms with Crippen LogP contribution in [0.25, 0.3) is 0 Å². The average molecular weight is 392 g/mol. The topological polar surface area (TPSA) is 37.8 Å². The lowest BCUT2D eigenvalue weighted by molar-refractivity contribution is 1.22. The van der Waals surface area contributed by atoms with Gasteiger partial charge in [0.15, 0.2) is 0 Å². The van der Waals surface area contributed by atoms with Crippen LogP contribution in [0.1, 0.15) is 5.56 Å². The fourth-order valence-corrected chi connectivity index (χ4v) is 2.46. The summed E-state index contributed by atoms with van der Waals surface area (Å²) >= 11 is 9.90. The Kier molecular flexibility index (Phi) is 5.08. The van der Waals surface area contributed by atoms with Gasteiger partial charge in [-0.2, -0.15) is 11.8 Å². The first kappa shape index (κ1) is 13.9. The first-order valence-corrected chi connectivity index (χ1v) is 8.06. The van der Waals surface area contributed by atoms with Crippen molar-refractivity contribution in [3.8, 4) is 0 Å². The number of aromatic nitrogens is 2. The van der Waals surface area contributed by atoms with Crippen LogP contribution < -0.4 is 5.32 Å². The van der Waals surface area contributed by atoms with E-state index in [0.29, 0.717) is 5.02 Å². The highest BCUT2D eigenvalue weighted by molar-refractivity contribution is 14.1. The van der Waals surface area contributed by atoms with Crippen LogP contribution in [0.3, 0.4) is 0 Å². The maximum absolute atomic E-state index is 5.93. The fraction of sp³-hybridized carbons (Fsp3) is 0.167. The summed E-state index contributed by atoms with van der Waals surface area (Å²) in [5.74, 6) is 2.52. The molecule has 0 saturated carbocycles. The summed E-state index contributed by atoms with van der Waals surface area (Å²) < 4.78 is 0.965. The number of thioether (sulfide) groups is 1. The molecule has 6 heteroatoms. The Hall–Kier alpha value is -0.530. The Morgan fingerprint density at radius 1 is 1.33 bits per heavy atom. The largest absolute Gasteiger partial charge is 0.325 e. The minimum atomic E-state index is 0.658. The van der Waals surface area contributed by atoms with Gasteiger partial charge in [0.25, 0.3) is 0 Å². The Morgan fingerprint density at radius 3 is 2.83 bits per heavy atom. The Morgan fingerprint density at radius 2 is 2.11 bits per heavy atom. The Balaban J connectivity index is 2.17. The van der Waals surface area contributed by atoms with Gasteiger partial charge in [0.05, 0.1) is 5.02 Å². The summed E-state index contributed by atoms with van der Waals surface area (Å²) in [4.78, 5) is 8.49. The van der Waals surface area contributed by atoms with Crippen molar-refractivity contribution >= 4 is 57.6 Å². The first-order valence-electron chi connectivity index (χ1n) is 5.21. The van der Waals surface area contributed by atoms with Crippen molar-refractivity contribution in [3.05, 3.63) is 44.7 Å². The SMILES string of the molecule is CSCc1ccnc(Nc2cc(I)c(Cl)cn2)c1. The number of nitrogens with one attached hydrogen (secondary N) is 1. The van der Waals surface area contributed by atoms with Crippen LogP contribution in [0.2, 0.25) is 5.02 Å². The molecule has 1 N–H and O–H groups in total. The lowest BCUT2D eigenvalue weighted by Gasteiger charge is -2.07. The van der Waals surface area contributed by atoms with Crippen molar-refractivity contribution < 1.29 is 0 Å². The maximum atomic E-state index is 5.93. The lowest BCUT2D eigenvalue weighted by Crippen LogP contribution is -1.97. The van der Waals surface area contributed by atoms with Gasteiger partial charge in [-0.1, -0.05) is 11.6 Å². The van der Waals surface area contributed by atoms with Gasteiger partial charge < -0.3 is 5.32 Å². The highest BCUT2D eigenvalue weighted by Gasteiger charge is 2.02. The molecule has 2 rings (SSSR count). The van der Waals surface area contributed by atoms with E-state index in [4.69, 9.17) is 11.6 Å². The van der Waals surface area contributed by atoms with E-state index < -0.39 is 0 Å². The van der Waals surface area contributed by atoms with Gasteiger partial charge in [-0.15, -0.1) is 0 Å². The number of halogens is 2. The van der Waals surface area contributed by atoms with Crippen molar-refractivity contribution in [2.24, 2.45) is 0 Å². The van der Waals surface area contributed by atoms with Gasteiger partial charge >= 0.3 is 0 Å². The third kappa shape index (κ3) is 3.73. The second kappa shape index (κ2) is 6.58. The average Bonchev–Trinajstić information content (AvgIpc) is 2.35. The number of rotatable bonds is 4. The summed E-state index contributed by atoms with van der Waals surface area (Å²) in [6, 6.07) is 5.94. The second-order valence-electron chi connectivity index (χ2n) is 3.59. The summed E-state index contributed by atoms with van der Waals surface area (Å²) in [5, 5.41) is 3.83. The monoisotopic (exact) mass is 391 g/mol. The fourth-order valence-electron chi connectivity index (χ4n) is 1.41. The van der Waals surface area contributed by atoms with Gasteiger partial charge in [0, 0.05) is 21.7 Å². The molecule has 0 aliphatic heterocycles. The molecule has 0 unspecified atom stereocenters. The van der Waals surface area contributed by atoms with Crippen molar-refractivity contribution in [1.29, 1.82) is 0 Å². The Bertz CT molecular complexity index is 551. The molecular formula is C12H11ClIN3S. The standard InChI is InChI=1S/C12H11ClIN3S/c1-18-7-8-2-3-15-11(4-8)17-12-5-10(14)9(13)6-16-12/h2-6H,7H2,1H3,(H,15,16,17). The van der Waals surface area contributed by atoms with E-state index in [9.17, 15) is 0 Å². The highest BCUT2D eigenvalue weighted by Crippen LogP contribution is 2.22. The zero-order valence-corrected chi connectivity index (χ0v) is 13.4. The lowest BCUT2D eigenvalue weighted by atomic mass is 10.3. The van der Waals surface area contributed by atoms with Gasteiger partial charge in [-0.3, -0.25) is 0 Å². The third-order valence-corrected chi connectivity index (χ3v) is 4.33. The summed E-state index contributed by atoms with van der Waals surface area (Å²) in [6.45, 7) is 0. The summed E-state index contributed by atoms with van der Waals surface area (Å²) in [5.41, 5.74) is 1.24. The summed E-state index contributed by atoms with van der Waals surface area (Å²) in [6.07, 6.45) is 5.52. The molecule has 2 aromatic heterocycles. The van der Waals surface area contributed by atoms with Crippen LogP contribution in [-0.2, 0) is 5.75 Å². The number of nitrogens with zero attached hydrogens (tertiary/aromatic N) is 2. The van der Waals surface area contributed by atoms with Gasteiger partial charge in [-0.25, -0.2) is 9.97 Å². The van der Waals surface area contributed by atoms with E-state index in [1.54, 1.807) is 24.2 Å². The van der Waals surface area contributed by atoms with E-state index in [-0.39, 0.29) is 0 Å². The van der Waals surface area contributed by atoms with Gasteiger partial charge in [-0.05, 0) is 52.6 Å². The number of hydrogen-bond acceptors (Lipinski definition) is 4. The normalized spacial score (nSPS) is 10.4. The minimum Gasteiger partial charge on any atom is -0.325 e. The molecule has 18 heavy (non-hydrogen) atoms. The van der Waals surface area contributed by atoms with Crippen molar-refractivity contribution in [3.63, 3.8) is 0 Å². The van der Waals surface area contributed by atoms with Crippen LogP contribution in [-0.4, -0.2) is 16.2 Å². The molecule has 0 aliphatic rings. The smallest absolute Gasteiger partial charge is 0.132 e. The predicted octanol–water partition coefficient (Wildman–Crippen LogP) is 4.34. The molecule has 94 valence electrons. The van der Waals surface area contributed by atoms with Crippen LogP contribution in [0, 0.1) is 3.57 Å². The molecule has 2 aromatic rings. The van der Waals surface area contributed by atoms with E-state index in [1.165, 1.54) is 5.56 Å². The number of pyridine rings is 2. The van der Waals surface area contributed by atoms with Crippen molar-refractivity contribution in [2.45, 2.75) is 5.75 Å². The van der Waals surface area contributed by atoms with Crippen LogP contribution in [0.5, 0.6) is 0 Å². The molecule has 0 radical (unpaired) electrons. The zero-order valence-electron chi connectivity index (χ0n) is 9.65. The number of anilines is 2. The first-order chi connectivity index (χ1) is 8.69. The summed E-state index contributed by atoms with van der Waals surface area (Å²) in [7, 11) is 0. The highest BCUT2D eigenvalue weighted by atomic mass is 127. The van der Waals surface area contributed by atoms with E-state index >= 15 is 0 Å². The van der Waals surface area contributed by atoms with Gasteiger partial charge in [0.2, 0.25) is 0 Å². The number of hydrogen-bond donors (Lipinski definition) is 1. The van der Waals surface area contributed by atoms with E-state index in [2.05, 4.69) is 44.1 Å². The molecule has 0 saturated heterocycles. The zero-order chi connectivity index (χ0) is 13.0. The predicted molar refractivity (Wildman–Crippen MR) is 86.7 cm³/mol. The van der Waals surface area contributed by atoms with Crippen LogP contribution in [0.4, 0.5) is 11.6 Å². The molecule has 0 amide bonds. The van der Waals surface area contributed by atoms with E-state index in [1.807, 2.05) is 18.2 Å². The minimum absolute atomic E-state index is 0.658. The van der Waals surface area contributed by atoms with Crippen LogP contribution in [0.15, 0.2) is 30.6 Å². The Labute approximate surface area is 129 Å². The van der Waals surface area contributed by atoms with E-state index in [0.717, 1.165) is 21.0 Å². The molecule has 0 atom stereocenters. The molecule has 3 nitrogen and oxygen atoms in total. The molecule has 0 aliphatic carbocycles. The second-order valence-corrected chi connectivity index (χ2v) is 6.03. The van der Waals surface area contributed by atoms with Crippen LogP contribution >= 0.6 is 46.0 Å². The van der Waals surface area contributed by atoms with Gasteiger partial charge in [0.1, 0.15) is 11.6 Å². The molecule has 0 bridgehead atoms.